The first-order chi connectivity index (χ1) is 9.11. The maximum absolute atomic E-state index is 7.46. The molecule has 0 unspecified atom stereocenters. The molecule has 1 saturated heterocycles. The highest BCUT2D eigenvalue weighted by molar-refractivity contribution is 9.10. The lowest BCUT2D eigenvalue weighted by molar-refractivity contribution is 0.378. The average molecular weight is 324 g/mol. The van der Waals surface area contributed by atoms with Crippen LogP contribution in [0.3, 0.4) is 0 Å². The third kappa shape index (κ3) is 3.50. The molecule has 1 fully saturated rings. The fourth-order valence-electron chi connectivity index (χ4n) is 2.80. The van der Waals surface area contributed by atoms with Crippen molar-refractivity contribution in [2.24, 2.45) is 11.7 Å². The lowest BCUT2D eigenvalue weighted by atomic mass is 9.92. The zero-order valence-corrected chi connectivity index (χ0v) is 13.0. The molecule has 1 aliphatic rings. The summed E-state index contributed by atoms with van der Waals surface area (Å²) in [5.41, 5.74) is 7.51. The van der Waals surface area contributed by atoms with Gasteiger partial charge in [-0.05, 0) is 52.9 Å². The first-order valence-corrected chi connectivity index (χ1v) is 7.80. The molecule has 0 spiro atoms. The summed E-state index contributed by atoms with van der Waals surface area (Å²) >= 11 is 3.60. The molecule has 2 rings (SSSR count). The summed E-state index contributed by atoms with van der Waals surface area (Å²) in [6.45, 7) is 4.52. The highest BCUT2D eigenvalue weighted by Gasteiger charge is 2.20. The number of halogens is 1. The van der Waals surface area contributed by atoms with Crippen molar-refractivity contribution < 1.29 is 0 Å². The van der Waals surface area contributed by atoms with Crippen molar-refractivity contribution in [1.29, 1.82) is 5.41 Å². The molecule has 0 aliphatic carbocycles. The molecule has 0 aromatic heterocycles. The molecule has 1 heterocycles. The van der Waals surface area contributed by atoms with Gasteiger partial charge in [0.2, 0.25) is 0 Å². The van der Waals surface area contributed by atoms with Gasteiger partial charge in [0.25, 0.3) is 0 Å². The summed E-state index contributed by atoms with van der Waals surface area (Å²) in [7, 11) is 0. The maximum atomic E-state index is 7.46. The van der Waals surface area contributed by atoms with Crippen LogP contribution in [0.25, 0.3) is 0 Å². The van der Waals surface area contributed by atoms with Crippen LogP contribution < -0.4 is 10.6 Å². The number of nitrogen functional groups attached to an aromatic ring is 1. The van der Waals surface area contributed by atoms with Crippen LogP contribution in [0.4, 0.5) is 5.69 Å². The second-order valence-corrected chi connectivity index (χ2v) is 6.15. The van der Waals surface area contributed by atoms with Crippen molar-refractivity contribution in [2.75, 3.05) is 18.0 Å². The normalized spacial score (nSPS) is 16.6. The molecule has 0 atom stereocenters. The molecule has 0 amide bonds. The predicted molar refractivity (Wildman–Crippen MR) is 85.0 cm³/mol. The number of anilines is 1. The lowest BCUT2D eigenvalue weighted by Crippen LogP contribution is -2.33. The van der Waals surface area contributed by atoms with Gasteiger partial charge in [-0.2, -0.15) is 0 Å². The molecule has 4 heteroatoms. The van der Waals surface area contributed by atoms with E-state index in [1.54, 1.807) is 0 Å². The van der Waals surface area contributed by atoms with Gasteiger partial charge < -0.3 is 10.6 Å². The number of amidine groups is 1. The lowest BCUT2D eigenvalue weighted by Gasteiger charge is -2.34. The van der Waals surface area contributed by atoms with Crippen molar-refractivity contribution in [2.45, 2.75) is 32.6 Å². The molecule has 3 nitrogen and oxygen atoms in total. The van der Waals surface area contributed by atoms with Gasteiger partial charge in [-0.15, -0.1) is 0 Å². The van der Waals surface area contributed by atoms with E-state index in [-0.39, 0.29) is 5.84 Å². The Kier molecular flexibility index (Phi) is 4.86. The van der Waals surface area contributed by atoms with Gasteiger partial charge >= 0.3 is 0 Å². The van der Waals surface area contributed by atoms with Crippen molar-refractivity contribution in [1.82, 2.24) is 0 Å². The number of benzene rings is 1. The van der Waals surface area contributed by atoms with Crippen LogP contribution in [0.2, 0.25) is 0 Å². The standard InChI is InChI=1S/C15H22BrN3/c1-2-3-11-6-8-19(9-7-11)14-5-4-12(15(17)18)10-13(14)16/h4-5,10-11H,2-3,6-9H2,1H3,(H3,17,18). The number of hydrogen-bond acceptors (Lipinski definition) is 2. The fourth-order valence-corrected chi connectivity index (χ4v) is 3.43. The van der Waals surface area contributed by atoms with Crippen LogP contribution in [-0.2, 0) is 0 Å². The van der Waals surface area contributed by atoms with E-state index >= 15 is 0 Å². The Morgan fingerprint density at radius 2 is 2.11 bits per heavy atom. The fraction of sp³-hybridized carbons (Fsp3) is 0.533. The van der Waals surface area contributed by atoms with Crippen LogP contribution in [0, 0.1) is 11.3 Å². The zero-order chi connectivity index (χ0) is 13.8. The molecule has 19 heavy (non-hydrogen) atoms. The third-order valence-corrected chi connectivity index (χ3v) is 4.55. The van der Waals surface area contributed by atoms with E-state index in [9.17, 15) is 0 Å². The third-order valence-electron chi connectivity index (χ3n) is 3.91. The Balaban J connectivity index is 2.05. The molecule has 104 valence electrons. The van der Waals surface area contributed by atoms with Crippen molar-refractivity contribution >= 4 is 27.5 Å². The molecule has 1 aromatic carbocycles. The summed E-state index contributed by atoms with van der Waals surface area (Å²) < 4.78 is 1.04. The minimum Gasteiger partial charge on any atom is -0.384 e. The quantitative estimate of drug-likeness (QED) is 0.655. The van der Waals surface area contributed by atoms with Crippen molar-refractivity contribution in [3.63, 3.8) is 0 Å². The van der Waals surface area contributed by atoms with Crippen LogP contribution in [-0.4, -0.2) is 18.9 Å². The van der Waals surface area contributed by atoms with Gasteiger partial charge in [-0.25, -0.2) is 0 Å². The van der Waals surface area contributed by atoms with Crippen LogP contribution in [0.5, 0.6) is 0 Å². The van der Waals surface area contributed by atoms with Gasteiger partial charge in [-0.3, -0.25) is 5.41 Å². The number of nitrogens with two attached hydrogens (primary N) is 1. The Morgan fingerprint density at radius 3 is 2.63 bits per heavy atom. The Morgan fingerprint density at radius 1 is 1.42 bits per heavy atom. The second kappa shape index (κ2) is 6.42. The van der Waals surface area contributed by atoms with Crippen molar-refractivity contribution in [3.8, 4) is 0 Å². The van der Waals surface area contributed by atoms with Crippen LogP contribution in [0.1, 0.15) is 38.2 Å². The van der Waals surface area contributed by atoms with E-state index in [0.29, 0.717) is 0 Å². The highest BCUT2D eigenvalue weighted by Crippen LogP contribution is 2.31. The average Bonchev–Trinajstić information content (AvgIpc) is 2.40. The van der Waals surface area contributed by atoms with Gasteiger partial charge in [-0.1, -0.05) is 19.8 Å². The first kappa shape index (κ1) is 14.4. The van der Waals surface area contributed by atoms with E-state index in [0.717, 1.165) is 29.0 Å². The van der Waals surface area contributed by atoms with Crippen molar-refractivity contribution in [3.05, 3.63) is 28.2 Å². The number of hydrogen-bond donors (Lipinski definition) is 2. The highest BCUT2D eigenvalue weighted by atomic mass is 79.9. The summed E-state index contributed by atoms with van der Waals surface area (Å²) in [6, 6.07) is 5.94. The van der Waals surface area contributed by atoms with E-state index in [4.69, 9.17) is 11.1 Å². The van der Waals surface area contributed by atoms with Gasteiger partial charge in [0.05, 0.1) is 5.69 Å². The number of piperidine rings is 1. The van der Waals surface area contributed by atoms with E-state index in [1.165, 1.54) is 31.4 Å². The topological polar surface area (TPSA) is 53.1 Å². The van der Waals surface area contributed by atoms with Gasteiger partial charge in [0, 0.05) is 23.1 Å². The van der Waals surface area contributed by atoms with E-state index < -0.39 is 0 Å². The molecular formula is C15H22BrN3. The summed E-state index contributed by atoms with van der Waals surface area (Å²) in [5, 5.41) is 7.46. The number of rotatable bonds is 4. The molecular weight excluding hydrogens is 302 g/mol. The zero-order valence-electron chi connectivity index (χ0n) is 11.5. The molecule has 1 aromatic rings. The Hall–Kier alpha value is -1.03. The SMILES string of the molecule is CCCC1CCN(c2ccc(C(=N)N)cc2Br)CC1. The van der Waals surface area contributed by atoms with E-state index in [2.05, 4.69) is 33.8 Å². The summed E-state index contributed by atoms with van der Waals surface area (Å²) in [5.74, 6) is 1.02. The van der Waals surface area contributed by atoms with Crippen LogP contribution >= 0.6 is 15.9 Å². The monoisotopic (exact) mass is 323 g/mol. The first-order valence-electron chi connectivity index (χ1n) is 7.00. The molecule has 1 aliphatic heterocycles. The van der Waals surface area contributed by atoms with Crippen LogP contribution in [0.15, 0.2) is 22.7 Å². The minimum atomic E-state index is 0.119. The van der Waals surface area contributed by atoms with Gasteiger partial charge in [0.15, 0.2) is 0 Å². The smallest absolute Gasteiger partial charge is 0.122 e. The predicted octanol–water partition coefficient (Wildman–Crippen LogP) is 3.75. The van der Waals surface area contributed by atoms with Gasteiger partial charge in [0.1, 0.15) is 5.84 Å². The largest absolute Gasteiger partial charge is 0.384 e. The molecule has 3 N–H and O–H groups in total. The minimum absolute atomic E-state index is 0.119. The van der Waals surface area contributed by atoms with E-state index in [1.807, 2.05) is 12.1 Å². The Bertz CT molecular complexity index is 451. The molecule has 0 bridgehead atoms. The number of nitrogens with one attached hydrogen (secondary N) is 1. The molecule has 0 radical (unpaired) electrons. The number of nitrogens with zero attached hydrogens (tertiary/aromatic N) is 1. The second-order valence-electron chi connectivity index (χ2n) is 5.30. The summed E-state index contributed by atoms with van der Waals surface area (Å²) in [4.78, 5) is 2.43. The summed E-state index contributed by atoms with van der Waals surface area (Å²) in [6.07, 6.45) is 5.23. The Labute approximate surface area is 123 Å². The maximum Gasteiger partial charge on any atom is 0.122 e. The molecule has 0 saturated carbocycles.